The molecular weight excluding hydrogens is 264 g/mol. The normalized spacial score (nSPS) is 17.2. The first kappa shape index (κ1) is 15.8. The third-order valence-electron chi connectivity index (χ3n) is 4.08. The quantitative estimate of drug-likeness (QED) is 0.819. The summed E-state index contributed by atoms with van der Waals surface area (Å²) in [6.45, 7) is 0.591. The van der Waals surface area contributed by atoms with Crippen LogP contribution in [0.15, 0.2) is 18.2 Å². The van der Waals surface area contributed by atoms with E-state index in [1.165, 1.54) is 24.0 Å². The lowest BCUT2D eigenvalue weighted by Gasteiger charge is -2.25. The number of hydrogen-bond acceptors (Lipinski definition) is 3. The molecule has 1 unspecified atom stereocenters. The molecule has 0 bridgehead atoms. The third kappa shape index (κ3) is 4.21. The highest BCUT2D eigenvalue weighted by molar-refractivity contribution is 5.75. The van der Waals surface area contributed by atoms with Crippen molar-refractivity contribution in [2.24, 2.45) is 0 Å². The number of nitrogens with one attached hydrogen (secondary N) is 1. The Kier molecular flexibility index (Phi) is 5.62. The Balaban J connectivity index is 1.86. The van der Waals surface area contributed by atoms with Gasteiger partial charge in [0.05, 0.1) is 6.61 Å². The molecular formula is C17H26N2O2. The molecule has 1 N–H and O–H groups in total. The van der Waals surface area contributed by atoms with Crippen LogP contribution in [0.1, 0.15) is 42.9 Å². The number of fused-ring (bicyclic) bond motifs is 1. The Labute approximate surface area is 127 Å². The van der Waals surface area contributed by atoms with E-state index in [0.717, 1.165) is 18.6 Å². The summed E-state index contributed by atoms with van der Waals surface area (Å²) in [4.78, 5) is 13.1. The summed E-state index contributed by atoms with van der Waals surface area (Å²) in [5, 5.41) is 3.37. The zero-order valence-corrected chi connectivity index (χ0v) is 13.3. The van der Waals surface area contributed by atoms with Gasteiger partial charge in [-0.2, -0.15) is 0 Å². The molecule has 0 heterocycles. The first-order valence-corrected chi connectivity index (χ1v) is 7.75. The van der Waals surface area contributed by atoms with E-state index in [4.69, 9.17) is 4.74 Å². The molecule has 1 aliphatic rings. The summed E-state index contributed by atoms with van der Waals surface area (Å²) < 4.78 is 5.78. The van der Waals surface area contributed by atoms with Crippen LogP contribution in [-0.2, 0) is 11.2 Å². The Hall–Kier alpha value is -1.55. The van der Waals surface area contributed by atoms with Crippen LogP contribution < -0.4 is 10.1 Å². The number of carbonyl (C=O) groups excluding carboxylic acids is 1. The minimum absolute atomic E-state index is 0.154. The van der Waals surface area contributed by atoms with Gasteiger partial charge in [-0.05, 0) is 56.0 Å². The van der Waals surface area contributed by atoms with Crippen LogP contribution in [0.5, 0.6) is 5.75 Å². The second-order valence-electron chi connectivity index (χ2n) is 5.83. The Morgan fingerprint density at radius 1 is 1.43 bits per heavy atom. The average Bonchev–Trinajstić information content (AvgIpc) is 2.50. The van der Waals surface area contributed by atoms with Crippen molar-refractivity contribution in [1.82, 2.24) is 10.2 Å². The maximum atomic E-state index is 11.5. The molecule has 4 heteroatoms. The molecule has 0 radical (unpaired) electrons. The van der Waals surface area contributed by atoms with Crippen molar-refractivity contribution < 1.29 is 9.53 Å². The lowest BCUT2D eigenvalue weighted by atomic mass is 9.87. The summed E-state index contributed by atoms with van der Waals surface area (Å²) in [7, 11) is 5.58. The molecule has 1 amide bonds. The number of aryl methyl sites for hydroxylation is 1. The predicted octanol–water partition coefficient (Wildman–Crippen LogP) is 2.53. The van der Waals surface area contributed by atoms with Crippen molar-refractivity contribution in [2.75, 3.05) is 27.7 Å². The van der Waals surface area contributed by atoms with Gasteiger partial charge in [0.25, 0.3) is 0 Å². The maximum Gasteiger partial charge on any atom is 0.222 e. The van der Waals surface area contributed by atoms with Gasteiger partial charge in [0.15, 0.2) is 0 Å². The fourth-order valence-corrected chi connectivity index (χ4v) is 2.82. The molecule has 4 nitrogen and oxygen atoms in total. The van der Waals surface area contributed by atoms with Crippen LogP contribution in [0.4, 0.5) is 0 Å². The summed E-state index contributed by atoms with van der Waals surface area (Å²) in [6, 6.07) is 6.85. The topological polar surface area (TPSA) is 41.6 Å². The minimum Gasteiger partial charge on any atom is -0.494 e. The average molecular weight is 290 g/mol. The van der Waals surface area contributed by atoms with Gasteiger partial charge >= 0.3 is 0 Å². The standard InChI is InChI=1S/C17H26N2O2/c1-18-16-7-4-6-13-12-14(9-10-15(13)16)21-11-5-8-17(20)19(2)3/h9-10,12,16,18H,4-8,11H2,1-3H3. The van der Waals surface area contributed by atoms with Gasteiger partial charge in [0.1, 0.15) is 5.75 Å². The molecule has 0 aliphatic heterocycles. The number of nitrogens with zero attached hydrogens (tertiary/aromatic N) is 1. The van der Waals surface area contributed by atoms with Gasteiger partial charge in [-0.15, -0.1) is 0 Å². The van der Waals surface area contributed by atoms with E-state index >= 15 is 0 Å². The predicted molar refractivity (Wildman–Crippen MR) is 84.6 cm³/mol. The SMILES string of the molecule is CNC1CCCc2cc(OCCCC(=O)N(C)C)ccc21. The van der Waals surface area contributed by atoms with Crippen molar-refractivity contribution >= 4 is 5.91 Å². The van der Waals surface area contributed by atoms with Crippen LogP contribution >= 0.6 is 0 Å². The van der Waals surface area contributed by atoms with E-state index in [9.17, 15) is 4.79 Å². The van der Waals surface area contributed by atoms with E-state index in [1.54, 1.807) is 19.0 Å². The number of hydrogen-bond donors (Lipinski definition) is 1. The molecule has 0 aromatic heterocycles. The second-order valence-corrected chi connectivity index (χ2v) is 5.83. The van der Waals surface area contributed by atoms with Crippen molar-refractivity contribution in [3.05, 3.63) is 29.3 Å². The molecule has 1 aromatic rings. The number of carbonyl (C=O) groups is 1. The number of amides is 1. The van der Waals surface area contributed by atoms with Crippen molar-refractivity contribution in [3.8, 4) is 5.75 Å². The van der Waals surface area contributed by atoms with Gasteiger partial charge in [0.2, 0.25) is 5.91 Å². The molecule has 0 saturated carbocycles. The Morgan fingerprint density at radius 3 is 2.95 bits per heavy atom. The van der Waals surface area contributed by atoms with Crippen molar-refractivity contribution in [1.29, 1.82) is 0 Å². The molecule has 2 rings (SSSR count). The summed E-state index contributed by atoms with van der Waals surface area (Å²) >= 11 is 0. The molecule has 1 atom stereocenters. The van der Waals surface area contributed by atoms with E-state index in [0.29, 0.717) is 19.1 Å². The molecule has 1 aromatic carbocycles. The lowest BCUT2D eigenvalue weighted by molar-refractivity contribution is -0.128. The molecule has 116 valence electrons. The number of rotatable bonds is 6. The van der Waals surface area contributed by atoms with E-state index in [-0.39, 0.29) is 5.91 Å². The van der Waals surface area contributed by atoms with Crippen molar-refractivity contribution in [3.63, 3.8) is 0 Å². The molecule has 0 saturated heterocycles. The highest BCUT2D eigenvalue weighted by atomic mass is 16.5. The highest BCUT2D eigenvalue weighted by Gasteiger charge is 2.18. The minimum atomic E-state index is 0.154. The van der Waals surface area contributed by atoms with E-state index < -0.39 is 0 Å². The van der Waals surface area contributed by atoms with E-state index in [2.05, 4.69) is 17.4 Å². The van der Waals surface area contributed by atoms with Gasteiger partial charge in [-0.3, -0.25) is 4.79 Å². The Bertz CT molecular complexity index is 486. The number of ether oxygens (including phenoxy) is 1. The molecule has 0 spiro atoms. The van der Waals surface area contributed by atoms with Gasteiger partial charge in [-0.25, -0.2) is 0 Å². The molecule has 0 fully saturated rings. The second kappa shape index (κ2) is 7.46. The van der Waals surface area contributed by atoms with E-state index in [1.807, 2.05) is 13.1 Å². The van der Waals surface area contributed by atoms with Crippen molar-refractivity contribution in [2.45, 2.75) is 38.1 Å². The highest BCUT2D eigenvalue weighted by Crippen LogP contribution is 2.31. The summed E-state index contributed by atoms with van der Waals surface area (Å²) in [5.41, 5.74) is 2.79. The zero-order chi connectivity index (χ0) is 15.2. The van der Waals surface area contributed by atoms with Gasteiger partial charge < -0.3 is 15.0 Å². The monoisotopic (exact) mass is 290 g/mol. The van der Waals surface area contributed by atoms with Gasteiger partial charge in [0, 0.05) is 26.6 Å². The molecule has 1 aliphatic carbocycles. The zero-order valence-electron chi connectivity index (χ0n) is 13.3. The maximum absolute atomic E-state index is 11.5. The fraction of sp³-hybridized carbons (Fsp3) is 0.588. The van der Waals surface area contributed by atoms with Crippen LogP contribution in [-0.4, -0.2) is 38.6 Å². The summed E-state index contributed by atoms with van der Waals surface area (Å²) in [6.07, 6.45) is 4.85. The lowest BCUT2D eigenvalue weighted by Crippen LogP contribution is -2.22. The fourth-order valence-electron chi connectivity index (χ4n) is 2.82. The van der Waals surface area contributed by atoms with Crippen LogP contribution in [0, 0.1) is 0 Å². The first-order chi connectivity index (χ1) is 10.1. The van der Waals surface area contributed by atoms with Gasteiger partial charge in [-0.1, -0.05) is 6.07 Å². The Morgan fingerprint density at radius 2 is 2.24 bits per heavy atom. The smallest absolute Gasteiger partial charge is 0.222 e. The first-order valence-electron chi connectivity index (χ1n) is 7.75. The largest absolute Gasteiger partial charge is 0.494 e. The third-order valence-corrected chi connectivity index (χ3v) is 4.08. The molecule has 21 heavy (non-hydrogen) atoms. The van der Waals surface area contributed by atoms with Crippen LogP contribution in [0.2, 0.25) is 0 Å². The number of benzene rings is 1. The van der Waals surface area contributed by atoms with Crippen LogP contribution in [0.3, 0.4) is 0 Å². The summed E-state index contributed by atoms with van der Waals surface area (Å²) in [5.74, 6) is 1.07. The van der Waals surface area contributed by atoms with Crippen LogP contribution in [0.25, 0.3) is 0 Å².